The first-order chi connectivity index (χ1) is 9.63. The summed E-state index contributed by atoms with van der Waals surface area (Å²) in [6.07, 6.45) is 1.77. The van der Waals surface area contributed by atoms with Crippen LogP contribution < -0.4 is 5.32 Å². The van der Waals surface area contributed by atoms with E-state index in [2.05, 4.69) is 5.32 Å². The Kier molecular flexibility index (Phi) is 2.34. The average Bonchev–Trinajstić information content (AvgIpc) is 2.99. The predicted molar refractivity (Wildman–Crippen MR) is 69.8 cm³/mol. The molecule has 104 valence electrons. The van der Waals surface area contributed by atoms with Crippen LogP contribution in [0, 0.1) is 23.7 Å². The van der Waals surface area contributed by atoms with Crippen LogP contribution in [-0.2, 0) is 14.3 Å². The molecular formula is C15H15NO4. The van der Waals surface area contributed by atoms with Crippen molar-refractivity contribution >= 4 is 17.6 Å². The molecule has 1 aromatic rings. The first-order valence-corrected chi connectivity index (χ1v) is 6.94. The summed E-state index contributed by atoms with van der Waals surface area (Å²) in [5, 5.41) is 12.2. The average molecular weight is 273 g/mol. The molecule has 2 N–H and O–H groups in total. The van der Waals surface area contributed by atoms with E-state index in [0.29, 0.717) is 5.69 Å². The number of anilines is 1. The predicted octanol–water partition coefficient (Wildman–Crippen LogP) is 1.53. The highest BCUT2D eigenvalue weighted by Gasteiger charge is 2.63. The molecule has 1 amide bonds. The Balaban J connectivity index is 1.56. The zero-order valence-electron chi connectivity index (χ0n) is 10.8. The number of fused-ring (bicyclic) bond motifs is 1. The maximum absolute atomic E-state index is 12.4. The third-order valence-electron chi connectivity index (χ3n) is 4.90. The summed E-state index contributed by atoms with van der Waals surface area (Å²) in [6, 6.07) is 6.44. The van der Waals surface area contributed by atoms with Gasteiger partial charge in [-0.2, -0.15) is 0 Å². The molecule has 20 heavy (non-hydrogen) atoms. The summed E-state index contributed by atoms with van der Waals surface area (Å²) in [4.78, 5) is 24.3. The minimum atomic E-state index is -0.284. The molecule has 4 rings (SSSR count). The molecule has 0 radical (unpaired) electrons. The molecule has 1 heterocycles. The number of esters is 1. The van der Waals surface area contributed by atoms with Crippen molar-refractivity contribution in [2.75, 3.05) is 5.32 Å². The Bertz CT molecular complexity index is 597. The number of nitrogens with one attached hydrogen (secondary N) is 1. The molecule has 5 atom stereocenters. The molecule has 1 aliphatic heterocycles. The summed E-state index contributed by atoms with van der Waals surface area (Å²) < 4.78 is 5.33. The summed E-state index contributed by atoms with van der Waals surface area (Å²) in [5.41, 5.74) is 0.556. The highest BCUT2D eigenvalue weighted by atomic mass is 16.6. The molecular weight excluding hydrogens is 258 g/mol. The Morgan fingerprint density at radius 1 is 1.35 bits per heavy atom. The van der Waals surface area contributed by atoms with Crippen LogP contribution >= 0.6 is 0 Å². The van der Waals surface area contributed by atoms with Gasteiger partial charge in [0.15, 0.2) is 0 Å². The van der Waals surface area contributed by atoms with Gasteiger partial charge in [-0.25, -0.2) is 0 Å². The van der Waals surface area contributed by atoms with Crippen molar-refractivity contribution in [3.8, 4) is 5.75 Å². The van der Waals surface area contributed by atoms with Crippen LogP contribution in [0.2, 0.25) is 0 Å². The lowest BCUT2D eigenvalue weighted by molar-refractivity contribution is -0.145. The number of carbonyl (C=O) groups excluding carboxylic acids is 2. The Labute approximate surface area is 115 Å². The lowest BCUT2D eigenvalue weighted by Crippen LogP contribution is -2.35. The number of benzene rings is 1. The molecule has 1 saturated heterocycles. The molecule has 0 aromatic heterocycles. The van der Waals surface area contributed by atoms with Crippen LogP contribution in [0.25, 0.3) is 0 Å². The van der Waals surface area contributed by atoms with E-state index in [1.807, 2.05) is 0 Å². The quantitative estimate of drug-likeness (QED) is 0.801. The van der Waals surface area contributed by atoms with Crippen molar-refractivity contribution in [3.05, 3.63) is 24.3 Å². The lowest BCUT2D eigenvalue weighted by Gasteiger charge is -2.23. The number of phenolic OH excluding ortho intramolecular Hbond substituents is 1. The summed E-state index contributed by atoms with van der Waals surface area (Å²) in [6.45, 7) is 0. The number of hydrogen-bond acceptors (Lipinski definition) is 4. The van der Waals surface area contributed by atoms with Gasteiger partial charge in [0.2, 0.25) is 5.91 Å². The van der Waals surface area contributed by atoms with E-state index in [1.165, 1.54) is 6.07 Å². The van der Waals surface area contributed by atoms with Gasteiger partial charge in [-0.15, -0.1) is 0 Å². The Morgan fingerprint density at radius 3 is 3.00 bits per heavy atom. The van der Waals surface area contributed by atoms with Crippen LogP contribution in [0.5, 0.6) is 5.75 Å². The number of amides is 1. The third kappa shape index (κ3) is 1.55. The summed E-state index contributed by atoms with van der Waals surface area (Å²) in [7, 11) is 0. The molecule has 1 aromatic carbocycles. The zero-order valence-corrected chi connectivity index (χ0v) is 10.8. The first-order valence-electron chi connectivity index (χ1n) is 6.94. The second-order valence-electron chi connectivity index (χ2n) is 5.96. The molecule has 2 aliphatic carbocycles. The largest absolute Gasteiger partial charge is 0.508 e. The molecule has 5 nitrogen and oxygen atoms in total. The molecule has 0 unspecified atom stereocenters. The van der Waals surface area contributed by atoms with E-state index < -0.39 is 0 Å². The van der Waals surface area contributed by atoms with E-state index in [9.17, 15) is 14.7 Å². The van der Waals surface area contributed by atoms with Gasteiger partial charge in [-0.1, -0.05) is 6.07 Å². The summed E-state index contributed by atoms with van der Waals surface area (Å²) in [5.74, 6) is -0.312. The van der Waals surface area contributed by atoms with Crippen LogP contribution in [0.1, 0.15) is 12.8 Å². The van der Waals surface area contributed by atoms with E-state index >= 15 is 0 Å². The number of rotatable bonds is 2. The standard InChI is InChI=1S/C15H15NO4/c17-9-3-1-2-8(6-9)16-14(18)12-7-4-10-11(5-7)20-15(19)13(10)12/h1-3,6-7,10-13,17H,4-5H2,(H,16,18)/t7-,10+,11-,12+,13+/m1/s1. The highest BCUT2D eigenvalue weighted by molar-refractivity contribution is 5.97. The van der Waals surface area contributed by atoms with Crippen molar-refractivity contribution < 1.29 is 19.4 Å². The fourth-order valence-corrected chi connectivity index (χ4v) is 4.17. The fraction of sp³-hybridized carbons (Fsp3) is 0.467. The monoisotopic (exact) mass is 273 g/mol. The smallest absolute Gasteiger partial charge is 0.310 e. The SMILES string of the molecule is O=C(Nc1cccc(O)c1)[C@H]1[C@@H]2C[C@@H]3[C@@H]1C(=O)O[C@@H]3C2. The minimum Gasteiger partial charge on any atom is -0.508 e. The normalized spacial score (nSPS) is 37.0. The van der Waals surface area contributed by atoms with E-state index in [1.54, 1.807) is 18.2 Å². The van der Waals surface area contributed by atoms with Crippen LogP contribution in [0.4, 0.5) is 5.69 Å². The summed E-state index contributed by atoms with van der Waals surface area (Å²) >= 11 is 0. The van der Waals surface area contributed by atoms with Crippen LogP contribution in [0.15, 0.2) is 24.3 Å². The molecule has 2 bridgehead atoms. The van der Waals surface area contributed by atoms with Gasteiger partial charge in [0.1, 0.15) is 11.9 Å². The highest BCUT2D eigenvalue weighted by Crippen LogP contribution is 2.57. The first kappa shape index (κ1) is 11.8. The van der Waals surface area contributed by atoms with Crippen LogP contribution in [-0.4, -0.2) is 23.1 Å². The number of carbonyl (C=O) groups is 2. The Morgan fingerprint density at radius 2 is 2.20 bits per heavy atom. The maximum atomic E-state index is 12.4. The number of phenols is 1. The van der Waals surface area contributed by atoms with E-state index in [-0.39, 0.29) is 47.4 Å². The number of ether oxygens (including phenoxy) is 1. The van der Waals surface area contributed by atoms with Crippen molar-refractivity contribution in [2.45, 2.75) is 18.9 Å². The van der Waals surface area contributed by atoms with Gasteiger partial charge >= 0.3 is 5.97 Å². The molecule has 5 heteroatoms. The zero-order chi connectivity index (χ0) is 13.9. The van der Waals surface area contributed by atoms with Gasteiger partial charge < -0.3 is 15.2 Å². The van der Waals surface area contributed by atoms with Gasteiger partial charge in [-0.3, -0.25) is 9.59 Å². The Hall–Kier alpha value is -2.04. The lowest BCUT2D eigenvalue weighted by atomic mass is 9.79. The molecule has 3 fully saturated rings. The topological polar surface area (TPSA) is 75.6 Å². The second-order valence-corrected chi connectivity index (χ2v) is 5.96. The minimum absolute atomic E-state index is 0.0438. The van der Waals surface area contributed by atoms with Gasteiger partial charge in [-0.05, 0) is 30.9 Å². The number of aromatic hydroxyl groups is 1. The van der Waals surface area contributed by atoms with E-state index in [4.69, 9.17) is 4.74 Å². The van der Waals surface area contributed by atoms with Crippen LogP contribution in [0.3, 0.4) is 0 Å². The van der Waals surface area contributed by atoms with Crippen molar-refractivity contribution in [1.82, 2.24) is 0 Å². The number of hydrogen-bond donors (Lipinski definition) is 2. The molecule has 3 aliphatic rings. The van der Waals surface area contributed by atoms with Gasteiger partial charge in [0.25, 0.3) is 0 Å². The van der Waals surface area contributed by atoms with Crippen molar-refractivity contribution in [3.63, 3.8) is 0 Å². The maximum Gasteiger partial charge on any atom is 0.310 e. The molecule has 2 saturated carbocycles. The van der Waals surface area contributed by atoms with Gasteiger partial charge in [0.05, 0.1) is 11.8 Å². The van der Waals surface area contributed by atoms with Crippen molar-refractivity contribution in [2.24, 2.45) is 23.7 Å². The fourth-order valence-electron chi connectivity index (χ4n) is 4.17. The van der Waals surface area contributed by atoms with Gasteiger partial charge in [0, 0.05) is 17.7 Å². The van der Waals surface area contributed by atoms with E-state index in [0.717, 1.165) is 12.8 Å². The molecule has 0 spiro atoms. The third-order valence-corrected chi connectivity index (χ3v) is 4.90. The van der Waals surface area contributed by atoms with Crippen molar-refractivity contribution in [1.29, 1.82) is 0 Å². The second kappa shape index (κ2) is 3.98.